The number of thiocarbonyl (C=S) groups is 1. The van der Waals surface area contributed by atoms with Crippen molar-refractivity contribution in [3.8, 4) is 0 Å². The van der Waals surface area contributed by atoms with Crippen LogP contribution in [0.2, 0.25) is 0 Å². The van der Waals surface area contributed by atoms with Crippen LogP contribution in [0.4, 0.5) is 5.82 Å². The Morgan fingerprint density at radius 2 is 2.47 bits per heavy atom. The minimum Gasteiger partial charge on any atom is -0.364 e. The van der Waals surface area contributed by atoms with E-state index in [1.165, 1.54) is 12.3 Å². The van der Waals surface area contributed by atoms with Crippen LogP contribution in [0, 0.1) is 10.1 Å². The summed E-state index contributed by atoms with van der Waals surface area (Å²) in [6.45, 7) is 0. The van der Waals surface area contributed by atoms with E-state index in [2.05, 4.69) is 20.8 Å². The molecule has 80 valence electrons. The van der Waals surface area contributed by atoms with Gasteiger partial charge in [0.15, 0.2) is 5.11 Å². The van der Waals surface area contributed by atoms with E-state index < -0.39 is 4.92 Å². The lowest BCUT2D eigenvalue weighted by Crippen LogP contribution is -2.28. The topological polar surface area (TPSA) is 95.3 Å². The molecule has 1 aromatic rings. The van der Waals surface area contributed by atoms with Crippen molar-refractivity contribution in [2.75, 3.05) is 7.05 Å². The van der Waals surface area contributed by atoms with Crippen LogP contribution in [0.1, 0.15) is 5.69 Å². The molecule has 0 radical (unpaired) electrons. The number of aromatic nitrogens is 1. The van der Waals surface area contributed by atoms with Crippen molar-refractivity contribution in [1.82, 2.24) is 15.7 Å². The third-order valence-electron chi connectivity index (χ3n) is 1.49. The third kappa shape index (κ3) is 3.35. The van der Waals surface area contributed by atoms with Gasteiger partial charge in [-0.25, -0.2) is 4.98 Å². The summed E-state index contributed by atoms with van der Waals surface area (Å²) in [5, 5.41) is 17.1. The highest BCUT2D eigenvalue weighted by molar-refractivity contribution is 7.80. The number of nitrogens with zero attached hydrogens (tertiary/aromatic N) is 2. The lowest BCUT2D eigenvalue weighted by molar-refractivity contribution is -0.389. The second kappa shape index (κ2) is 5.05. The quantitative estimate of drug-likeness (QED) is 0.300. The van der Waals surface area contributed by atoms with E-state index >= 15 is 0 Å². The van der Waals surface area contributed by atoms with Gasteiger partial charge in [-0.3, -0.25) is 5.43 Å². The highest BCUT2D eigenvalue weighted by Gasteiger charge is 2.05. The number of aromatic amines is 1. The van der Waals surface area contributed by atoms with Gasteiger partial charge in [-0.15, -0.1) is 0 Å². The number of hydrogen-bond donors (Lipinski definition) is 3. The summed E-state index contributed by atoms with van der Waals surface area (Å²) in [6, 6.07) is 2.91. The SMILES string of the molecule is CNC(=S)N/N=C/c1ccc([N+](=O)[O-])[nH]1. The van der Waals surface area contributed by atoms with E-state index in [4.69, 9.17) is 12.2 Å². The van der Waals surface area contributed by atoms with Crippen molar-refractivity contribution in [3.05, 3.63) is 27.9 Å². The summed E-state index contributed by atoms with van der Waals surface area (Å²) in [7, 11) is 1.66. The second-order valence-corrected chi connectivity index (χ2v) is 2.91. The summed E-state index contributed by atoms with van der Waals surface area (Å²) < 4.78 is 0. The van der Waals surface area contributed by atoms with Crippen molar-refractivity contribution in [1.29, 1.82) is 0 Å². The molecule has 0 fully saturated rings. The minimum atomic E-state index is -0.511. The minimum absolute atomic E-state index is 0.0763. The van der Waals surface area contributed by atoms with Crippen molar-refractivity contribution in [2.24, 2.45) is 5.10 Å². The Labute approximate surface area is 90.7 Å². The molecule has 0 aliphatic heterocycles. The van der Waals surface area contributed by atoms with E-state index in [0.717, 1.165) is 0 Å². The molecule has 1 aromatic heterocycles. The first-order valence-corrected chi connectivity index (χ1v) is 4.38. The lowest BCUT2D eigenvalue weighted by atomic mass is 10.5. The molecule has 0 saturated heterocycles. The fraction of sp³-hybridized carbons (Fsp3) is 0.143. The molecule has 8 heteroatoms. The van der Waals surface area contributed by atoms with Crippen LogP contribution >= 0.6 is 12.2 Å². The monoisotopic (exact) mass is 227 g/mol. The predicted octanol–water partition coefficient (Wildman–Crippen LogP) is 0.351. The average Bonchev–Trinajstić information content (AvgIpc) is 2.66. The van der Waals surface area contributed by atoms with Crippen molar-refractivity contribution >= 4 is 29.4 Å². The summed E-state index contributed by atoms with van der Waals surface area (Å²) >= 11 is 4.76. The zero-order chi connectivity index (χ0) is 11.3. The molecule has 15 heavy (non-hydrogen) atoms. The second-order valence-electron chi connectivity index (χ2n) is 2.51. The largest absolute Gasteiger partial charge is 0.364 e. The number of H-pyrrole nitrogens is 1. The average molecular weight is 227 g/mol. The van der Waals surface area contributed by atoms with Crippen LogP contribution in [0.5, 0.6) is 0 Å². The van der Waals surface area contributed by atoms with Crippen LogP contribution < -0.4 is 10.7 Å². The molecule has 7 nitrogen and oxygen atoms in total. The fourth-order valence-electron chi connectivity index (χ4n) is 0.798. The summed E-state index contributed by atoms with van der Waals surface area (Å²) in [5.41, 5.74) is 3.04. The molecular weight excluding hydrogens is 218 g/mol. The Balaban J connectivity index is 2.57. The molecule has 0 bridgehead atoms. The van der Waals surface area contributed by atoms with Crippen LogP contribution in [0.15, 0.2) is 17.2 Å². The van der Waals surface area contributed by atoms with E-state index in [9.17, 15) is 10.1 Å². The first kappa shape index (κ1) is 11.1. The maximum Gasteiger partial charge on any atom is 0.321 e. The third-order valence-corrected chi connectivity index (χ3v) is 1.78. The van der Waals surface area contributed by atoms with Crippen molar-refractivity contribution < 1.29 is 4.92 Å². The van der Waals surface area contributed by atoms with E-state index in [-0.39, 0.29) is 5.82 Å². The number of hydrogen-bond acceptors (Lipinski definition) is 4. The van der Waals surface area contributed by atoms with Crippen LogP contribution in [-0.4, -0.2) is 28.3 Å². The van der Waals surface area contributed by atoms with Gasteiger partial charge in [0.2, 0.25) is 0 Å². The zero-order valence-electron chi connectivity index (χ0n) is 7.85. The Morgan fingerprint density at radius 3 is 3.00 bits per heavy atom. The molecule has 0 unspecified atom stereocenters. The fourth-order valence-corrected chi connectivity index (χ4v) is 0.851. The van der Waals surface area contributed by atoms with Crippen LogP contribution in [0.25, 0.3) is 0 Å². The summed E-state index contributed by atoms with van der Waals surface area (Å²) in [4.78, 5) is 12.4. The molecule has 0 aliphatic rings. The van der Waals surface area contributed by atoms with Crippen LogP contribution in [-0.2, 0) is 0 Å². The van der Waals surface area contributed by atoms with E-state index in [1.807, 2.05) is 0 Å². The number of hydrazone groups is 1. The normalized spacial score (nSPS) is 10.2. The van der Waals surface area contributed by atoms with Gasteiger partial charge in [0.1, 0.15) is 5.69 Å². The van der Waals surface area contributed by atoms with Crippen LogP contribution in [0.3, 0.4) is 0 Å². The molecule has 1 rings (SSSR count). The lowest BCUT2D eigenvalue weighted by Gasteiger charge is -1.97. The molecule has 0 amide bonds. The van der Waals surface area contributed by atoms with Crippen molar-refractivity contribution in [3.63, 3.8) is 0 Å². The van der Waals surface area contributed by atoms with Gasteiger partial charge in [-0.1, -0.05) is 0 Å². The summed E-state index contributed by atoms with van der Waals surface area (Å²) in [5.74, 6) is -0.0763. The first-order valence-electron chi connectivity index (χ1n) is 3.97. The van der Waals surface area contributed by atoms with E-state index in [0.29, 0.717) is 10.8 Å². The standard InChI is InChI=1S/C7H9N5O2S/c1-8-7(15)11-9-4-5-2-3-6(10-5)12(13)14/h2-4,10H,1H3,(H2,8,11,15)/b9-4+. The summed E-state index contributed by atoms with van der Waals surface area (Å²) in [6.07, 6.45) is 1.40. The first-order chi connectivity index (χ1) is 7.13. The predicted molar refractivity (Wildman–Crippen MR) is 59.8 cm³/mol. The van der Waals surface area contributed by atoms with Gasteiger partial charge in [-0.2, -0.15) is 5.10 Å². The number of rotatable bonds is 3. The molecule has 0 saturated carbocycles. The molecule has 0 aromatic carbocycles. The van der Waals surface area contributed by atoms with E-state index in [1.54, 1.807) is 13.1 Å². The molecule has 3 N–H and O–H groups in total. The van der Waals surface area contributed by atoms with Gasteiger partial charge < -0.3 is 15.4 Å². The van der Waals surface area contributed by atoms with Gasteiger partial charge in [0, 0.05) is 13.1 Å². The van der Waals surface area contributed by atoms with Crippen molar-refractivity contribution in [2.45, 2.75) is 0 Å². The highest BCUT2D eigenvalue weighted by atomic mass is 32.1. The molecule has 0 atom stereocenters. The molecule has 0 aliphatic carbocycles. The molecule has 0 spiro atoms. The molecular formula is C7H9N5O2S. The van der Waals surface area contributed by atoms with Gasteiger partial charge in [0.25, 0.3) is 0 Å². The molecule has 1 heterocycles. The Bertz CT molecular complexity index is 400. The number of nitrogens with one attached hydrogen (secondary N) is 3. The van der Waals surface area contributed by atoms with Gasteiger partial charge >= 0.3 is 5.82 Å². The smallest absolute Gasteiger partial charge is 0.321 e. The number of nitro groups is 1. The Morgan fingerprint density at radius 1 is 1.73 bits per heavy atom. The zero-order valence-corrected chi connectivity index (χ0v) is 8.67. The Kier molecular flexibility index (Phi) is 3.75. The van der Waals surface area contributed by atoms with Gasteiger partial charge in [-0.05, 0) is 23.2 Å². The van der Waals surface area contributed by atoms with Gasteiger partial charge in [0.05, 0.1) is 6.21 Å². The highest BCUT2D eigenvalue weighted by Crippen LogP contribution is 2.07. The maximum atomic E-state index is 10.3. The maximum absolute atomic E-state index is 10.3. The Hall–Kier alpha value is -1.96.